The van der Waals surface area contributed by atoms with Gasteiger partial charge in [-0.05, 0) is 49.6 Å². The number of carbonyl (C=O) groups is 1. The number of aliphatic hydroxyl groups excluding tert-OH is 1. The number of para-hydroxylation sites is 1. The van der Waals surface area contributed by atoms with Crippen LogP contribution in [-0.2, 0) is 19.5 Å². The zero-order valence-electron chi connectivity index (χ0n) is 15.8. The highest BCUT2D eigenvalue weighted by atomic mass is 16.3. The number of aryl methyl sites for hydroxylation is 2. The van der Waals surface area contributed by atoms with E-state index in [1.54, 1.807) is 4.68 Å². The Morgan fingerprint density at radius 1 is 1.11 bits per heavy atom. The van der Waals surface area contributed by atoms with E-state index in [-0.39, 0.29) is 5.78 Å². The Balaban J connectivity index is 1.52. The quantitative estimate of drug-likeness (QED) is 0.595. The van der Waals surface area contributed by atoms with Gasteiger partial charge in [-0.25, -0.2) is 4.68 Å². The van der Waals surface area contributed by atoms with Gasteiger partial charge in [0, 0.05) is 17.3 Å². The van der Waals surface area contributed by atoms with Crippen molar-refractivity contribution in [3.8, 4) is 0 Å². The summed E-state index contributed by atoms with van der Waals surface area (Å²) in [7, 11) is 0. The van der Waals surface area contributed by atoms with Crippen LogP contribution < -0.4 is 0 Å². The molecule has 0 saturated heterocycles. The summed E-state index contributed by atoms with van der Waals surface area (Å²) in [6, 6.07) is 14.0. The fraction of sp³-hybridized carbons (Fsp3) is 0.318. The molecule has 0 bridgehead atoms. The number of rotatable bonds is 4. The normalized spacial score (nSPS) is 15.3. The van der Waals surface area contributed by atoms with E-state index in [2.05, 4.69) is 35.4 Å². The van der Waals surface area contributed by atoms with E-state index in [0.717, 1.165) is 46.0 Å². The van der Waals surface area contributed by atoms with Crippen molar-refractivity contribution in [1.82, 2.24) is 19.6 Å². The van der Waals surface area contributed by atoms with Crippen molar-refractivity contribution in [1.29, 1.82) is 0 Å². The average molecular weight is 374 g/mol. The van der Waals surface area contributed by atoms with E-state index in [1.165, 1.54) is 5.56 Å². The zero-order valence-corrected chi connectivity index (χ0v) is 15.8. The van der Waals surface area contributed by atoms with Crippen LogP contribution in [0, 0.1) is 6.92 Å². The first-order valence-electron chi connectivity index (χ1n) is 9.73. The molecule has 1 N–H and O–H groups in total. The van der Waals surface area contributed by atoms with Crippen LogP contribution in [0.2, 0.25) is 0 Å². The van der Waals surface area contributed by atoms with Crippen molar-refractivity contribution in [2.24, 2.45) is 0 Å². The van der Waals surface area contributed by atoms with Gasteiger partial charge in [-0.1, -0.05) is 29.0 Å². The third kappa shape index (κ3) is 2.72. The molecule has 0 radical (unpaired) electrons. The Kier molecular flexibility index (Phi) is 4.02. The van der Waals surface area contributed by atoms with Gasteiger partial charge in [-0.15, -0.1) is 5.10 Å². The minimum atomic E-state index is -0.680. The standard InChI is InChI=1S/C22H22N4O2/c1-14-9-10-19-17(11-14)16-5-4-8-21(28)22(16)25(19)12-15(27)13-26-20-7-3-2-6-18(20)23-24-26/h2-3,6-7,9-11,15,27H,4-5,8,12-13H2,1H3. The van der Waals surface area contributed by atoms with Crippen molar-refractivity contribution in [3.05, 3.63) is 59.3 Å². The summed E-state index contributed by atoms with van der Waals surface area (Å²) in [4.78, 5) is 12.7. The third-order valence-corrected chi connectivity index (χ3v) is 5.62. The second-order valence-corrected chi connectivity index (χ2v) is 7.65. The molecule has 2 aromatic heterocycles. The highest BCUT2D eigenvalue weighted by molar-refractivity contribution is 6.04. The van der Waals surface area contributed by atoms with Crippen molar-refractivity contribution >= 4 is 27.7 Å². The number of fused-ring (bicyclic) bond motifs is 4. The highest BCUT2D eigenvalue weighted by Gasteiger charge is 2.27. The topological polar surface area (TPSA) is 72.9 Å². The molecule has 28 heavy (non-hydrogen) atoms. The van der Waals surface area contributed by atoms with E-state index >= 15 is 0 Å². The van der Waals surface area contributed by atoms with Crippen LogP contribution in [0.25, 0.3) is 21.9 Å². The average Bonchev–Trinajstić information content (AvgIpc) is 3.22. The number of hydrogen-bond acceptors (Lipinski definition) is 4. The molecule has 2 aromatic carbocycles. The fourth-order valence-corrected chi connectivity index (χ4v) is 4.36. The lowest BCUT2D eigenvalue weighted by Gasteiger charge is -2.18. The van der Waals surface area contributed by atoms with E-state index in [1.807, 2.05) is 28.8 Å². The van der Waals surface area contributed by atoms with Crippen molar-refractivity contribution in [2.75, 3.05) is 0 Å². The fourth-order valence-electron chi connectivity index (χ4n) is 4.36. The summed E-state index contributed by atoms with van der Waals surface area (Å²) >= 11 is 0. The van der Waals surface area contributed by atoms with Gasteiger partial charge in [-0.3, -0.25) is 4.79 Å². The molecule has 0 amide bonds. The molecular formula is C22H22N4O2. The Hall–Kier alpha value is -2.99. The Bertz CT molecular complexity index is 1200. The van der Waals surface area contributed by atoms with Gasteiger partial charge < -0.3 is 9.67 Å². The minimum absolute atomic E-state index is 0.175. The molecule has 1 aliphatic rings. The van der Waals surface area contributed by atoms with Gasteiger partial charge in [0.05, 0.1) is 30.4 Å². The molecule has 0 fully saturated rings. The second-order valence-electron chi connectivity index (χ2n) is 7.65. The van der Waals surface area contributed by atoms with Gasteiger partial charge >= 0.3 is 0 Å². The molecule has 0 spiro atoms. The smallest absolute Gasteiger partial charge is 0.179 e. The Morgan fingerprint density at radius 2 is 1.96 bits per heavy atom. The van der Waals surface area contributed by atoms with E-state index in [9.17, 15) is 9.90 Å². The summed E-state index contributed by atoms with van der Waals surface area (Å²) in [5.41, 5.74) is 5.81. The molecule has 2 heterocycles. The van der Waals surface area contributed by atoms with E-state index < -0.39 is 6.10 Å². The molecule has 4 aromatic rings. The molecule has 0 aliphatic heterocycles. The van der Waals surface area contributed by atoms with Gasteiger partial charge in [0.15, 0.2) is 5.78 Å². The SMILES string of the molecule is Cc1ccc2c(c1)c1c(n2CC(O)Cn2nnc3ccccc32)C(=O)CCC1. The van der Waals surface area contributed by atoms with Crippen LogP contribution in [0.3, 0.4) is 0 Å². The molecular weight excluding hydrogens is 352 g/mol. The number of aliphatic hydroxyl groups is 1. The summed E-state index contributed by atoms with van der Waals surface area (Å²) in [5.74, 6) is 0.175. The number of nitrogens with zero attached hydrogens (tertiary/aromatic N) is 4. The highest BCUT2D eigenvalue weighted by Crippen LogP contribution is 2.33. The maximum absolute atomic E-state index is 12.7. The van der Waals surface area contributed by atoms with Crippen LogP contribution >= 0.6 is 0 Å². The van der Waals surface area contributed by atoms with Crippen LogP contribution in [0.4, 0.5) is 0 Å². The largest absolute Gasteiger partial charge is 0.389 e. The summed E-state index contributed by atoms with van der Waals surface area (Å²) < 4.78 is 3.74. The van der Waals surface area contributed by atoms with Gasteiger partial charge in [0.2, 0.25) is 0 Å². The molecule has 142 valence electrons. The zero-order chi connectivity index (χ0) is 19.3. The summed E-state index contributed by atoms with van der Waals surface area (Å²) in [6.07, 6.45) is 1.71. The lowest BCUT2D eigenvalue weighted by atomic mass is 9.94. The van der Waals surface area contributed by atoms with Gasteiger partial charge in [-0.2, -0.15) is 0 Å². The Labute approximate surface area is 162 Å². The van der Waals surface area contributed by atoms with Crippen LogP contribution in [-0.4, -0.2) is 36.6 Å². The van der Waals surface area contributed by atoms with Gasteiger partial charge in [0.25, 0.3) is 0 Å². The molecule has 6 nitrogen and oxygen atoms in total. The molecule has 1 aliphatic carbocycles. The number of hydrogen-bond donors (Lipinski definition) is 1. The van der Waals surface area contributed by atoms with Crippen molar-refractivity contribution < 1.29 is 9.90 Å². The van der Waals surface area contributed by atoms with Crippen molar-refractivity contribution in [3.63, 3.8) is 0 Å². The maximum Gasteiger partial charge on any atom is 0.179 e. The van der Waals surface area contributed by atoms with Gasteiger partial charge in [0.1, 0.15) is 5.52 Å². The van der Waals surface area contributed by atoms with Crippen molar-refractivity contribution in [2.45, 2.75) is 45.4 Å². The Morgan fingerprint density at radius 3 is 2.86 bits per heavy atom. The molecule has 0 saturated carbocycles. The van der Waals surface area contributed by atoms with Crippen LogP contribution in [0.1, 0.15) is 34.5 Å². The number of carbonyl (C=O) groups excluding carboxylic acids is 1. The molecule has 1 unspecified atom stereocenters. The first-order chi connectivity index (χ1) is 13.6. The number of ketones is 1. The minimum Gasteiger partial charge on any atom is -0.389 e. The second kappa shape index (κ2) is 6.56. The number of benzene rings is 2. The number of aromatic nitrogens is 4. The van der Waals surface area contributed by atoms with Crippen LogP contribution in [0.5, 0.6) is 0 Å². The lowest BCUT2D eigenvalue weighted by molar-refractivity contribution is 0.0952. The molecule has 5 rings (SSSR count). The van der Waals surface area contributed by atoms with Crippen LogP contribution in [0.15, 0.2) is 42.5 Å². The first-order valence-corrected chi connectivity index (χ1v) is 9.73. The molecule has 1 atom stereocenters. The summed E-state index contributed by atoms with van der Waals surface area (Å²) in [6.45, 7) is 2.75. The number of Topliss-reactive ketones (excluding diaryl/α,β-unsaturated/α-hetero) is 1. The predicted molar refractivity (Wildman–Crippen MR) is 107 cm³/mol. The maximum atomic E-state index is 12.7. The van der Waals surface area contributed by atoms with E-state index in [0.29, 0.717) is 19.5 Å². The van der Waals surface area contributed by atoms with E-state index in [4.69, 9.17) is 0 Å². The molecule has 6 heteroatoms. The predicted octanol–water partition coefficient (Wildman–Crippen LogP) is 3.27. The summed E-state index contributed by atoms with van der Waals surface area (Å²) in [5, 5.41) is 20.3. The first kappa shape index (κ1) is 17.1. The lowest BCUT2D eigenvalue weighted by Crippen LogP contribution is -2.25. The monoisotopic (exact) mass is 374 g/mol. The third-order valence-electron chi connectivity index (χ3n) is 5.62.